The summed E-state index contributed by atoms with van der Waals surface area (Å²) < 4.78 is 26.8. The SMILES string of the molecule is CCCCCC1CCC(C2CCC(C=CC3CCC(c4ccc(F)c(F)c4)CC3)CC2)CC1. The molecule has 0 heterocycles. The third-order valence-corrected chi connectivity index (χ3v) is 9.43. The van der Waals surface area contributed by atoms with Crippen molar-refractivity contribution in [3.05, 3.63) is 47.5 Å². The molecule has 1 aromatic carbocycles. The molecular weight excluding hydrogens is 410 g/mol. The number of allylic oxidation sites excluding steroid dienone is 2. The van der Waals surface area contributed by atoms with Gasteiger partial charge in [0.25, 0.3) is 0 Å². The third kappa shape index (κ3) is 7.15. The van der Waals surface area contributed by atoms with E-state index in [0.717, 1.165) is 42.1 Å². The topological polar surface area (TPSA) is 0 Å². The van der Waals surface area contributed by atoms with Crippen LogP contribution in [-0.2, 0) is 0 Å². The van der Waals surface area contributed by atoms with Crippen LogP contribution in [0.1, 0.15) is 121 Å². The lowest BCUT2D eigenvalue weighted by molar-refractivity contribution is 0.151. The van der Waals surface area contributed by atoms with Gasteiger partial charge in [-0.3, -0.25) is 0 Å². The standard InChI is InChI=1S/C31H46F2/c1-2-3-4-5-23-8-14-26(15-9-23)27-16-10-24(11-17-27)6-7-25-12-18-28(19-13-25)29-20-21-30(32)31(33)22-29/h6-7,20-28H,2-5,8-19H2,1H3. The van der Waals surface area contributed by atoms with Crippen LogP contribution in [0.25, 0.3) is 0 Å². The molecule has 33 heavy (non-hydrogen) atoms. The highest BCUT2D eigenvalue weighted by Crippen LogP contribution is 2.43. The number of unbranched alkanes of at least 4 members (excludes halogenated alkanes) is 2. The zero-order valence-corrected chi connectivity index (χ0v) is 20.9. The highest BCUT2D eigenvalue weighted by Gasteiger charge is 2.30. The lowest BCUT2D eigenvalue weighted by Gasteiger charge is -2.37. The first-order valence-electron chi connectivity index (χ1n) is 14.3. The Morgan fingerprint density at radius 2 is 1.27 bits per heavy atom. The van der Waals surface area contributed by atoms with Crippen molar-refractivity contribution in [2.24, 2.45) is 29.6 Å². The Morgan fingerprint density at radius 3 is 1.85 bits per heavy atom. The molecule has 0 atom stereocenters. The van der Waals surface area contributed by atoms with Crippen molar-refractivity contribution in [2.45, 2.75) is 116 Å². The first-order chi connectivity index (χ1) is 16.1. The minimum absolute atomic E-state index is 0.391. The molecule has 0 amide bonds. The van der Waals surface area contributed by atoms with Gasteiger partial charge in [0.2, 0.25) is 0 Å². The smallest absolute Gasteiger partial charge is 0.159 e. The molecule has 3 saturated carbocycles. The van der Waals surface area contributed by atoms with E-state index in [1.807, 2.05) is 0 Å². The average Bonchev–Trinajstić information content (AvgIpc) is 2.86. The van der Waals surface area contributed by atoms with E-state index in [9.17, 15) is 8.78 Å². The third-order valence-electron chi connectivity index (χ3n) is 9.43. The molecule has 0 saturated heterocycles. The van der Waals surface area contributed by atoms with Gasteiger partial charge in [0.1, 0.15) is 0 Å². The van der Waals surface area contributed by atoms with Crippen LogP contribution in [0.2, 0.25) is 0 Å². The van der Waals surface area contributed by atoms with Crippen molar-refractivity contribution in [2.75, 3.05) is 0 Å². The minimum atomic E-state index is -0.736. The summed E-state index contributed by atoms with van der Waals surface area (Å²) >= 11 is 0. The van der Waals surface area contributed by atoms with E-state index in [1.54, 1.807) is 6.07 Å². The van der Waals surface area contributed by atoms with E-state index < -0.39 is 11.6 Å². The maximum absolute atomic E-state index is 13.6. The van der Waals surface area contributed by atoms with Crippen molar-refractivity contribution in [3.63, 3.8) is 0 Å². The summed E-state index contributed by atoms with van der Waals surface area (Å²) in [5, 5.41) is 0. The van der Waals surface area contributed by atoms with Crippen LogP contribution < -0.4 is 0 Å². The van der Waals surface area contributed by atoms with Crippen molar-refractivity contribution in [1.82, 2.24) is 0 Å². The molecule has 0 bridgehead atoms. The van der Waals surface area contributed by atoms with Crippen molar-refractivity contribution in [1.29, 1.82) is 0 Å². The summed E-state index contributed by atoms with van der Waals surface area (Å²) in [5.74, 6) is 3.46. The molecule has 4 rings (SSSR count). The Kier molecular flexibility index (Phi) is 9.44. The molecule has 0 aliphatic heterocycles. The first-order valence-corrected chi connectivity index (χ1v) is 14.3. The van der Waals surface area contributed by atoms with Crippen LogP contribution >= 0.6 is 0 Å². The lowest BCUT2D eigenvalue weighted by Crippen LogP contribution is -2.25. The van der Waals surface area contributed by atoms with Crippen LogP contribution in [0.3, 0.4) is 0 Å². The molecule has 0 aromatic heterocycles. The largest absolute Gasteiger partial charge is 0.204 e. The minimum Gasteiger partial charge on any atom is -0.204 e. The summed E-state index contributed by atoms with van der Waals surface area (Å²) in [5.41, 5.74) is 0.977. The highest BCUT2D eigenvalue weighted by atomic mass is 19.2. The molecule has 0 spiro atoms. The van der Waals surface area contributed by atoms with Gasteiger partial charge in [-0.2, -0.15) is 0 Å². The summed E-state index contributed by atoms with van der Waals surface area (Å²) in [7, 11) is 0. The fourth-order valence-corrected chi connectivity index (χ4v) is 7.17. The van der Waals surface area contributed by atoms with Crippen LogP contribution in [-0.4, -0.2) is 0 Å². The first kappa shape index (κ1) is 24.9. The second-order valence-corrected chi connectivity index (χ2v) is 11.6. The fourth-order valence-electron chi connectivity index (χ4n) is 7.17. The summed E-state index contributed by atoms with van der Waals surface area (Å²) in [6, 6.07) is 4.47. The normalized spacial score (nSPS) is 33.4. The summed E-state index contributed by atoms with van der Waals surface area (Å²) in [6.07, 6.45) is 27.0. The quantitative estimate of drug-likeness (QED) is 0.270. The zero-order chi connectivity index (χ0) is 23.0. The maximum atomic E-state index is 13.6. The van der Waals surface area contributed by atoms with Gasteiger partial charge in [-0.25, -0.2) is 8.78 Å². The Labute approximate surface area is 201 Å². The molecule has 184 valence electrons. The van der Waals surface area contributed by atoms with E-state index in [-0.39, 0.29) is 0 Å². The van der Waals surface area contributed by atoms with Gasteiger partial charge in [0, 0.05) is 0 Å². The molecule has 0 nitrogen and oxygen atoms in total. The second-order valence-electron chi connectivity index (χ2n) is 11.6. The van der Waals surface area contributed by atoms with Gasteiger partial charge >= 0.3 is 0 Å². The van der Waals surface area contributed by atoms with Crippen molar-refractivity contribution in [3.8, 4) is 0 Å². The van der Waals surface area contributed by atoms with E-state index in [4.69, 9.17) is 0 Å². The molecular formula is C31H46F2. The van der Waals surface area contributed by atoms with Gasteiger partial charge in [0.15, 0.2) is 11.6 Å². The van der Waals surface area contributed by atoms with E-state index in [1.165, 1.54) is 102 Å². The highest BCUT2D eigenvalue weighted by molar-refractivity contribution is 5.22. The fraction of sp³-hybridized carbons (Fsp3) is 0.742. The predicted molar refractivity (Wildman–Crippen MR) is 135 cm³/mol. The molecule has 2 heteroatoms. The van der Waals surface area contributed by atoms with Gasteiger partial charge in [0.05, 0.1) is 0 Å². The number of rotatable bonds is 8. The summed E-state index contributed by atoms with van der Waals surface area (Å²) in [6.45, 7) is 2.31. The van der Waals surface area contributed by atoms with E-state index in [0.29, 0.717) is 11.8 Å². The monoisotopic (exact) mass is 456 g/mol. The Morgan fingerprint density at radius 1 is 0.697 bits per heavy atom. The molecule has 3 aliphatic carbocycles. The van der Waals surface area contributed by atoms with Crippen LogP contribution in [0, 0.1) is 41.2 Å². The van der Waals surface area contributed by atoms with Gasteiger partial charge in [-0.1, -0.05) is 63.7 Å². The zero-order valence-electron chi connectivity index (χ0n) is 20.9. The average molecular weight is 457 g/mol. The Hall–Kier alpha value is -1.18. The number of hydrogen-bond donors (Lipinski definition) is 0. The van der Waals surface area contributed by atoms with Gasteiger partial charge in [-0.15, -0.1) is 0 Å². The van der Waals surface area contributed by atoms with Gasteiger partial charge < -0.3 is 0 Å². The van der Waals surface area contributed by atoms with Crippen LogP contribution in [0.15, 0.2) is 30.4 Å². The maximum Gasteiger partial charge on any atom is 0.159 e. The van der Waals surface area contributed by atoms with Gasteiger partial charge in [-0.05, 0) is 117 Å². The molecule has 0 unspecified atom stereocenters. The second kappa shape index (κ2) is 12.5. The summed E-state index contributed by atoms with van der Waals surface area (Å²) in [4.78, 5) is 0. The lowest BCUT2D eigenvalue weighted by atomic mass is 9.68. The predicted octanol–water partition coefficient (Wildman–Crippen LogP) is 9.99. The number of benzene rings is 1. The Bertz CT molecular complexity index is 729. The van der Waals surface area contributed by atoms with E-state index >= 15 is 0 Å². The molecule has 3 aliphatic rings. The van der Waals surface area contributed by atoms with Crippen molar-refractivity contribution >= 4 is 0 Å². The number of halogens is 2. The molecule has 0 radical (unpaired) electrons. The molecule has 3 fully saturated rings. The van der Waals surface area contributed by atoms with E-state index in [2.05, 4.69) is 19.1 Å². The molecule has 1 aromatic rings. The van der Waals surface area contributed by atoms with Crippen molar-refractivity contribution < 1.29 is 8.78 Å². The molecule has 0 N–H and O–H groups in total. The van der Waals surface area contributed by atoms with Crippen LogP contribution in [0.5, 0.6) is 0 Å². The van der Waals surface area contributed by atoms with Crippen LogP contribution in [0.4, 0.5) is 8.78 Å². The number of hydrogen-bond acceptors (Lipinski definition) is 0. The Balaban J connectivity index is 1.14.